The Labute approximate surface area is 124 Å². The molecule has 1 aromatic heterocycles. The molecule has 1 saturated heterocycles. The van der Waals surface area contributed by atoms with E-state index >= 15 is 0 Å². The van der Waals surface area contributed by atoms with Gasteiger partial charge in [-0.15, -0.1) is 0 Å². The molecule has 0 spiro atoms. The molecule has 3 rings (SSSR count). The maximum absolute atomic E-state index is 11.6. The Balaban J connectivity index is 1.85. The first-order valence-corrected chi connectivity index (χ1v) is 8.85. The summed E-state index contributed by atoms with van der Waals surface area (Å²) in [4.78, 5) is 6.78. The molecule has 1 aliphatic rings. The Kier molecular flexibility index (Phi) is 3.59. The fourth-order valence-corrected chi connectivity index (χ4v) is 4.44. The van der Waals surface area contributed by atoms with Crippen LogP contribution in [0.25, 0.3) is 10.9 Å². The van der Waals surface area contributed by atoms with E-state index in [4.69, 9.17) is 5.73 Å². The number of nitrogens with zero attached hydrogens (tertiary/aromatic N) is 2. The molecule has 21 heavy (non-hydrogen) atoms. The summed E-state index contributed by atoms with van der Waals surface area (Å²) < 4.78 is 23.3. The van der Waals surface area contributed by atoms with Gasteiger partial charge in [0.1, 0.15) is 0 Å². The van der Waals surface area contributed by atoms with Crippen LogP contribution in [0.1, 0.15) is 12.6 Å². The standard InChI is InChI=1S/C15H19N3O2S/c1-11-10-21(19,20)7-6-18(11)9-12-8-14(16)13-4-2-3-5-15(13)17-12/h2-5,8,11H,6-7,9-10H2,1H3,(H2,16,17). The lowest BCUT2D eigenvalue weighted by molar-refractivity contribution is 0.216. The lowest BCUT2D eigenvalue weighted by Crippen LogP contribution is -2.46. The largest absolute Gasteiger partial charge is 0.398 e. The molecule has 2 N–H and O–H groups in total. The molecule has 112 valence electrons. The maximum Gasteiger partial charge on any atom is 0.153 e. The molecule has 1 aromatic carbocycles. The number of anilines is 1. The van der Waals surface area contributed by atoms with E-state index in [1.807, 2.05) is 37.3 Å². The first-order valence-electron chi connectivity index (χ1n) is 7.03. The number of rotatable bonds is 2. The number of sulfone groups is 1. The number of aromatic nitrogens is 1. The minimum atomic E-state index is -2.89. The number of hydrogen-bond acceptors (Lipinski definition) is 5. The zero-order chi connectivity index (χ0) is 15.0. The summed E-state index contributed by atoms with van der Waals surface area (Å²) in [6, 6.07) is 9.68. The predicted octanol–water partition coefficient (Wildman–Crippen LogP) is 1.44. The molecular formula is C15H19N3O2S. The van der Waals surface area contributed by atoms with Crippen LogP contribution in [0.5, 0.6) is 0 Å². The molecule has 2 aromatic rings. The summed E-state index contributed by atoms with van der Waals surface area (Å²) >= 11 is 0. The quantitative estimate of drug-likeness (QED) is 0.908. The molecule has 0 bridgehead atoms. The van der Waals surface area contributed by atoms with Gasteiger partial charge in [0.05, 0.1) is 22.7 Å². The number of nitrogen functional groups attached to an aromatic ring is 1. The van der Waals surface area contributed by atoms with E-state index in [1.165, 1.54) is 0 Å². The molecule has 1 atom stereocenters. The average molecular weight is 305 g/mol. The highest BCUT2D eigenvalue weighted by Crippen LogP contribution is 2.22. The first-order chi connectivity index (χ1) is 9.94. The van der Waals surface area contributed by atoms with Crippen molar-refractivity contribution in [1.29, 1.82) is 0 Å². The molecule has 0 saturated carbocycles. The molecule has 1 fully saturated rings. The normalized spacial score (nSPS) is 22.4. The van der Waals surface area contributed by atoms with Crippen LogP contribution in [-0.2, 0) is 16.4 Å². The topological polar surface area (TPSA) is 76.3 Å². The van der Waals surface area contributed by atoms with Crippen molar-refractivity contribution < 1.29 is 8.42 Å². The third kappa shape index (κ3) is 3.01. The number of benzene rings is 1. The molecule has 0 amide bonds. The van der Waals surface area contributed by atoms with E-state index < -0.39 is 9.84 Å². The van der Waals surface area contributed by atoms with E-state index in [9.17, 15) is 8.42 Å². The van der Waals surface area contributed by atoms with Gasteiger partial charge in [-0.25, -0.2) is 8.42 Å². The van der Waals surface area contributed by atoms with E-state index in [2.05, 4.69) is 9.88 Å². The third-order valence-corrected chi connectivity index (χ3v) is 5.77. The SMILES string of the molecule is CC1CS(=O)(=O)CCN1Cc1cc(N)c2ccccc2n1. The van der Waals surface area contributed by atoms with Crippen molar-refractivity contribution in [1.82, 2.24) is 9.88 Å². The molecule has 1 aliphatic heterocycles. The van der Waals surface area contributed by atoms with Crippen molar-refractivity contribution in [3.05, 3.63) is 36.0 Å². The van der Waals surface area contributed by atoms with Gasteiger partial charge >= 0.3 is 0 Å². The van der Waals surface area contributed by atoms with Crippen molar-refractivity contribution in [3.63, 3.8) is 0 Å². The van der Waals surface area contributed by atoms with Crippen LogP contribution < -0.4 is 5.73 Å². The van der Waals surface area contributed by atoms with Crippen LogP contribution in [0.2, 0.25) is 0 Å². The van der Waals surface area contributed by atoms with Crippen LogP contribution >= 0.6 is 0 Å². The van der Waals surface area contributed by atoms with Crippen molar-refractivity contribution in [2.75, 3.05) is 23.8 Å². The minimum Gasteiger partial charge on any atom is -0.398 e. The fourth-order valence-electron chi connectivity index (χ4n) is 2.82. The molecule has 2 heterocycles. The van der Waals surface area contributed by atoms with E-state index in [0.29, 0.717) is 18.8 Å². The predicted molar refractivity (Wildman–Crippen MR) is 84.7 cm³/mol. The highest BCUT2D eigenvalue weighted by atomic mass is 32.2. The van der Waals surface area contributed by atoms with Gasteiger partial charge in [-0.2, -0.15) is 0 Å². The lowest BCUT2D eigenvalue weighted by atomic mass is 10.1. The summed E-state index contributed by atoms with van der Waals surface area (Å²) in [6.45, 7) is 3.13. The Morgan fingerprint density at radius 1 is 1.38 bits per heavy atom. The molecule has 0 radical (unpaired) electrons. The van der Waals surface area contributed by atoms with Gasteiger partial charge in [0.2, 0.25) is 0 Å². The smallest absolute Gasteiger partial charge is 0.153 e. The van der Waals surface area contributed by atoms with Crippen LogP contribution in [0.15, 0.2) is 30.3 Å². The highest BCUT2D eigenvalue weighted by Gasteiger charge is 2.28. The van der Waals surface area contributed by atoms with Crippen LogP contribution in [0.4, 0.5) is 5.69 Å². The first kappa shape index (κ1) is 14.3. The summed E-state index contributed by atoms with van der Waals surface area (Å²) in [5, 5.41) is 0.954. The molecule has 0 aliphatic carbocycles. The zero-order valence-electron chi connectivity index (χ0n) is 12.0. The number of pyridine rings is 1. The molecule has 1 unspecified atom stereocenters. The number of hydrogen-bond donors (Lipinski definition) is 1. The van der Waals surface area contributed by atoms with E-state index in [1.54, 1.807) is 0 Å². The van der Waals surface area contributed by atoms with Gasteiger partial charge < -0.3 is 5.73 Å². The van der Waals surface area contributed by atoms with Crippen molar-refractivity contribution in [2.24, 2.45) is 0 Å². The summed E-state index contributed by atoms with van der Waals surface area (Å²) in [5.41, 5.74) is 8.57. The second-order valence-electron chi connectivity index (χ2n) is 5.65. The van der Waals surface area contributed by atoms with Crippen LogP contribution in [-0.4, -0.2) is 42.4 Å². The summed E-state index contributed by atoms with van der Waals surface area (Å²) in [6.07, 6.45) is 0. The summed E-state index contributed by atoms with van der Waals surface area (Å²) in [5.74, 6) is 0.441. The lowest BCUT2D eigenvalue weighted by Gasteiger charge is -2.32. The monoisotopic (exact) mass is 305 g/mol. The number of nitrogens with two attached hydrogens (primary N) is 1. The van der Waals surface area contributed by atoms with Gasteiger partial charge in [-0.05, 0) is 19.1 Å². The molecule has 5 nitrogen and oxygen atoms in total. The fraction of sp³-hybridized carbons (Fsp3) is 0.400. The number of para-hydroxylation sites is 1. The number of fused-ring (bicyclic) bond motifs is 1. The second kappa shape index (κ2) is 5.27. The second-order valence-corrected chi connectivity index (χ2v) is 7.88. The maximum atomic E-state index is 11.6. The Bertz CT molecular complexity index is 774. The minimum absolute atomic E-state index is 0.0123. The molecular weight excluding hydrogens is 286 g/mol. The zero-order valence-corrected chi connectivity index (χ0v) is 12.8. The van der Waals surface area contributed by atoms with Crippen molar-refractivity contribution in [3.8, 4) is 0 Å². The van der Waals surface area contributed by atoms with E-state index in [-0.39, 0.29) is 17.5 Å². The van der Waals surface area contributed by atoms with Crippen molar-refractivity contribution >= 4 is 26.4 Å². The van der Waals surface area contributed by atoms with E-state index in [0.717, 1.165) is 16.6 Å². The van der Waals surface area contributed by atoms with Crippen LogP contribution in [0.3, 0.4) is 0 Å². The Morgan fingerprint density at radius 2 is 2.14 bits per heavy atom. The molecule has 6 heteroatoms. The summed E-state index contributed by atoms with van der Waals surface area (Å²) in [7, 11) is -2.89. The third-order valence-electron chi connectivity index (χ3n) is 3.97. The average Bonchev–Trinajstić information content (AvgIpc) is 2.42. The van der Waals surface area contributed by atoms with Crippen molar-refractivity contribution in [2.45, 2.75) is 19.5 Å². The van der Waals surface area contributed by atoms with Gasteiger partial charge in [0.25, 0.3) is 0 Å². The van der Waals surface area contributed by atoms with Crippen LogP contribution in [0, 0.1) is 0 Å². The van der Waals surface area contributed by atoms with Gasteiger partial charge in [-0.1, -0.05) is 18.2 Å². The Hall–Kier alpha value is -1.66. The van der Waals surface area contributed by atoms with Gasteiger partial charge in [-0.3, -0.25) is 9.88 Å². The Morgan fingerprint density at radius 3 is 2.90 bits per heavy atom. The highest BCUT2D eigenvalue weighted by molar-refractivity contribution is 7.91. The van der Waals surface area contributed by atoms with Gasteiger partial charge in [0, 0.05) is 30.2 Å². The van der Waals surface area contributed by atoms with Gasteiger partial charge in [0.15, 0.2) is 9.84 Å².